The molecule has 1 unspecified atom stereocenters. The third kappa shape index (κ3) is 3.70. The van der Waals surface area contributed by atoms with Crippen LogP contribution >= 0.6 is 11.3 Å². The van der Waals surface area contributed by atoms with Crippen LogP contribution in [0.15, 0.2) is 41.8 Å². The van der Waals surface area contributed by atoms with E-state index in [9.17, 15) is 0 Å². The maximum Gasteiger partial charge on any atom is 0.173 e. The van der Waals surface area contributed by atoms with Crippen LogP contribution in [0.3, 0.4) is 0 Å². The Hall–Kier alpha value is -2.09. The number of tetrazole rings is 1. The van der Waals surface area contributed by atoms with Crippen molar-refractivity contribution in [1.29, 1.82) is 0 Å². The number of nitrogens with zero attached hydrogens (tertiary/aromatic N) is 6. The molecular weight excluding hydrogens is 344 g/mol. The Morgan fingerprint density at radius 2 is 1.85 bits per heavy atom. The van der Waals surface area contributed by atoms with E-state index in [1.165, 1.54) is 16.0 Å². The minimum absolute atomic E-state index is 0.0827. The first-order valence-electron chi connectivity index (χ1n) is 8.98. The van der Waals surface area contributed by atoms with Gasteiger partial charge in [0.25, 0.3) is 0 Å². The molecule has 0 radical (unpaired) electrons. The summed E-state index contributed by atoms with van der Waals surface area (Å²) in [7, 11) is 2.18. The highest BCUT2D eigenvalue weighted by Gasteiger charge is 2.29. The van der Waals surface area contributed by atoms with Crippen molar-refractivity contribution in [2.45, 2.75) is 19.5 Å². The van der Waals surface area contributed by atoms with Crippen molar-refractivity contribution in [3.8, 4) is 0 Å². The SMILES string of the molecule is Cc1ccc(C(c2nnnn2Cc2cccs2)N2CCN(C)CC2)cc1. The topological polar surface area (TPSA) is 50.1 Å². The number of hydrogen-bond donors (Lipinski definition) is 0. The second kappa shape index (κ2) is 7.65. The molecule has 1 fully saturated rings. The number of thiophene rings is 1. The molecule has 4 rings (SSSR count). The Balaban J connectivity index is 1.69. The lowest BCUT2D eigenvalue weighted by Crippen LogP contribution is -2.46. The van der Waals surface area contributed by atoms with Crippen LogP contribution in [0.2, 0.25) is 0 Å². The number of piperazine rings is 1. The van der Waals surface area contributed by atoms with Crippen LogP contribution in [0.1, 0.15) is 27.9 Å². The van der Waals surface area contributed by atoms with Gasteiger partial charge in [-0.05, 0) is 41.4 Å². The normalized spacial score (nSPS) is 17.5. The number of benzene rings is 1. The monoisotopic (exact) mass is 368 g/mol. The summed E-state index contributed by atoms with van der Waals surface area (Å²) in [4.78, 5) is 6.14. The molecule has 0 bridgehead atoms. The van der Waals surface area contributed by atoms with Crippen LogP contribution in [-0.4, -0.2) is 63.2 Å². The van der Waals surface area contributed by atoms with Gasteiger partial charge in [-0.15, -0.1) is 16.4 Å². The zero-order valence-corrected chi connectivity index (χ0v) is 16.1. The fraction of sp³-hybridized carbons (Fsp3) is 0.421. The van der Waals surface area contributed by atoms with E-state index in [4.69, 9.17) is 0 Å². The van der Waals surface area contributed by atoms with Crippen molar-refractivity contribution in [2.24, 2.45) is 0 Å². The average Bonchev–Trinajstić information content (AvgIpc) is 3.32. The molecule has 3 aromatic rings. The van der Waals surface area contributed by atoms with Gasteiger partial charge in [0.2, 0.25) is 0 Å². The molecule has 0 N–H and O–H groups in total. The van der Waals surface area contributed by atoms with Crippen molar-refractivity contribution in [2.75, 3.05) is 33.2 Å². The zero-order chi connectivity index (χ0) is 17.9. The minimum Gasteiger partial charge on any atom is -0.304 e. The highest BCUT2D eigenvalue weighted by molar-refractivity contribution is 7.09. The van der Waals surface area contributed by atoms with Crippen molar-refractivity contribution >= 4 is 11.3 Å². The van der Waals surface area contributed by atoms with E-state index in [0.29, 0.717) is 0 Å². The van der Waals surface area contributed by atoms with Crippen LogP contribution in [0.5, 0.6) is 0 Å². The van der Waals surface area contributed by atoms with Gasteiger partial charge in [-0.25, -0.2) is 4.68 Å². The van der Waals surface area contributed by atoms with E-state index in [0.717, 1.165) is 38.5 Å². The number of hydrogen-bond acceptors (Lipinski definition) is 6. The smallest absolute Gasteiger partial charge is 0.173 e. The molecule has 1 aliphatic rings. The van der Waals surface area contributed by atoms with Gasteiger partial charge in [-0.2, -0.15) is 0 Å². The van der Waals surface area contributed by atoms with E-state index in [-0.39, 0.29) is 6.04 Å². The fourth-order valence-corrected chi connectivity index (χ4v) is 4.11. The van der Waals surface area contributed by atoms with Crippen LogP contribution in [0, 0.1) is 6.92 Å². The number of likely N-dealkylation sites (N-methyl/N-ethyl adjacent to an activating group) is 1. The standard InChI is InChI=1S/C19H24N6S/c1-15-5-7-16(8-6-15)18(24-11-9-23(2)10-12-24)19-20-21-22-25(19)14-17-4-3-13-26-17/h3-8,13,18H,9-12,14H2,1-2H3. The molecule has 1 saturated heterocycles. The molecule has 0 saturated carbocycles. The third-order valence-electron chi connectivity index (χ3n) is 4.99. The second-order valence-electron chi connectivity index (χ2n) is 6.93. The molecule has 136 valence electrons. The predicted octanol–water partition coefficient (Wildman–Crippen LogP) is 2.43. The van der Waals surface area contributed by atoms with E-state index < -0.39 is 0 Å². The van der Waals surface area contributed by atoms with Gasteiger partial charge in [-0.3, -0.25) is 4.90 Å². The molecule has 0 aliphatic carbocycles. The van der Waals surface area contributed by atoms with Crippen LogP contribution in [-0.2, 0) is 6.54 Å². The summed E-state index contributed by atoms with van der Waals surface area (Å²) < 4.78 is 1.95. The lowest BCUT2D eigenvalue weighted by atomic mass is 10.0. The average molecular weight is 369 g/mol. The largest absolute Gasteiger partial charge is 0.304 e. The Morgan fingerprint density at radius 1 is 1.08 bits per heavy atom. The maximum absolute atomic E-state index is 4.44. The van der Waals surface area contributed by atoms with Gasteiger partial charge in [-0.1, -0.05) is 35.9 Å². The lowest BCUT2D eigenvalue weighted by Gasteiger charge is -2.37. The molecule has 7 heteroatoms. The Bertz CT molecular complexity index is 818. The second-order valence-corrected chi connectivity index (χ2v) is 7.96. The van der Waals surface area contributed by atoms with Crippen molar-refractivity contribution in [3.63, 3.8) is 0 Å². The van der Waals surface area contributed by atoms with E-state index in [1.54, 1.807) is 11.3 Å². The summed E-state index contributed by atoms with van der Waals surface area (Å²) in [6, 6.07) is 13.1. The molecule has 6 nitrogen and oxygen atoms in total. The van der Waals surface area contributed by atoms with Crippen molar-refractivity contribution in [3.05, 3.63) is 63.6 Å². The summed E-state index contributed by atoms with van der Waals surface area (Å²) in [6.07, 6.45) is 0. The Kier molecular flexibility index (Phi) is 5.10. The van der Waals surface area contributed by atoms with Gasteiger partial charge >= 0.3 is 0 Å². The first kappa shape index (κ1) is 17.3. The highest BCUT2D eigenvalue weighted by atomic mass is 32.1. The van der Waals surface area contributed by atoms with E-state index in [2.05, 4.69) is 81.1 Å². The molecule has 1 atom stereocenters. The Labute approximate surface area is 158 Å². The predicted molar refractivity (Wildman–Crippen MR) is 103 cm³/mol. The number of rotatable bonds is 5. The molecule has 26 heavy (non-hydrogen) atoms. The zero-order valence-electron chi connectivity index (χ0n) is 15.2. The molecule has 3 heterocycles. The van der Waals surface area contributed by atoms with E-state index in [1.807, 2.05) is 4.68 Å². The van der Waals surface area contributed by atoms with Crippen LogP contribution in [0.25, 0.3) is 0 Å². The summed E-state index contributed by atoms with van der Waals surface area (Å²) in [6.45, 7) is 7.00. The summed E-state index contributed by atoms with van der Waals surface area (Å²) in [5, 5.41) is 14.8. The summed E-state index contributed by atoms with van der Waals surface area (Å²) in [5.74, 6) is 0.923. The molecule has 1 aliphatic heterocycles. The summed E-state index contributed by atoms with van der Waals surface area (Å²) in [5.41, 5.74) is 2.52. The van der Waals surface area contributed by atoms with Gasteiger partial charge in [0, 0.05) is 31.1 Å². The first-order chi connectivity index (χ1) is 12.7. The quantitative estimate of drug-likeness (QED) is 0.692. The van der Waals surface area contributed by atoms with Gasteiger partial charge in [0.15, 0.2) is 5.82 Å². The van der Waals surface area contributed by atoms with E-state index >= 15 is 0 Å². The van der Waals surface area contributed by atoms with Gasteiger partial charge in [0.05, 0.1) is 12.6 Å². The minimum atomic E-state index is 0.0827. The highest BCUT2D eigenvalue weighted by Crippen LogP contribution is 2.28. The molecular formula is C19H24N6S. The summed E-state index contributed by atoms with van der Waals surface area (Å²) >= 11 is 1.74. The van der Waals surface area contributed by atoms with Crippen molar-refractivity contribution in [1.82, 2.24) is 30.0 Å². The number of aromatic nitrogens is 4. The Morgan fingerprint density at radius 3 is 2.54 bits per heavy atom. The lowest BCUT2D eigenvalue weighted by molar-refractivity contribution is 0.121. The van der Waals surface area contributed by atoms with Crippen LogP contribution < -0.4 is 0 Å². The molecule has 1 aromatic carbocycles. The molecule has 2 aromatic heterocycles. The van der Waals surface area contributed by atoms with Gasteiger partial charge in [0.1, 0.15) is 0 Å². The maximum atomic E-state index is 4.44. The first-order valence-corrected chi connectivity index (χ1v) is 9.86. The molecule has 0 amide bonds. The fourth-order valence-electron chi connectivity index (χ4n) is 3.42. The van der Waals surface area contributed by atoms with Gasteiger partial charge < -0.3 is 4.90 Å². The molecule has 0 spiro atoms. The van der Waals surface area contributed by atoms with Crippen molar-refractivity contribution < 1.29 is 0 Å². The number of aryl methyl sites for hydroxylation is 1. The van der Waals surface area contributed by atoms with Crippen LogP contribution in [0.4, 0.5) is 0 Å². The third-order valence-corrected chi connectivity index (χ3v) is 5.85.